The van der Waals surface area contributed by atoms with Gasteiger partial charge in [-0.15, -0.1) is 0 Å². The maximum atomic E-state index is 11.5. The summed E-state index contributed by atoms with van der Waals surface area (Å²) >= 11 is 0. The van der Waals surface area contributed by atoms with Crippen LogP contribution >= 0.6 is 0 Å². The molecule has 0 atom stereocenters. The highest BCUT2D eigenvalue weighted by Gasteiger charge is 2.51. The van der Waals surface area contributed by atoms with Gasteiger partial charge < -0.3 is 10.8 Å². The number of para-hydroxylation sites is 1. The average Bonchev–Trinajstić information content (AvgIpc) is 2.34. The minimum Gasteiger partial charge on any atom is -0.481 e. The molecule has 1 saturated carbocycles. The van der Waals surface area contributed by atoms with Gasteiger partial charge in [-0.2, -0.15) is 0 Å². The maximum Gasteiger partial charge on any atom is 0.315 e. The average molecular weight is 242 g/mol. The predicted molar refractivity (Wildman–Crippen MR) is 68.3 cm³/mol. The highest BCUT2D eigenvalue weighted by Crippen LogP contribution is 2.42. The van der Waals surface area contributed by atoms with E-state index in [4.69, 9.17) is 5.73 Å². The third-order valence-corrected chi connectivity index (χ3v) is 3.72. The zero-order valence-electron chi connectivity index (χ0n) is 9.84. The summed E-state index contributed by atoms with van der Waals surface area (Å²) < 4.78 is 0. The number of nitrogens with zero attached hydrogens (tertiary/aromatic N) is 1. The Hall–Kier alpha value is -1.94. The van der Waals surface area contributed by atoms with Crippen molar-refractivity contribution in [1.82, 2.24) is 4.98 Å². The molecule has 0 bridgehead atoms. The quantitative estimate of drug-likeness (QED) is 0.840. The number of hydrogen-bond donors (Lipinski definition) is 2. The molecule has 3 rings (SSSR count). The zero-order chi connectivity index (χ0) is 12.8. The van der Waals surface area contributed by atoms with Crippen molar-refractivity contribution in [3.8, 4) is 0 Å². The normalized spacial score (nSPS) is 26.8. The number of carboxylic acid groups (broad SMARTS) is 1. The van der Waals surface area contributed by atoms with Crippen LogP contribution < -0.4 is 5.73 Å². The van der Waals surface area contributed by atoms with Crippen LogP contribution in [-0.2, 0) is 10.2 Å². The molecule has 0 spiro atoms. The molecule has 2 aromatic rings. The van der Waals surface area contributed by atoms with E-state index >= 15 is 0 Å². The van der Waals surface area contributed by atoms with Crippen molar-refractivity contribution < 1.29 is 9.90 Å². The lowest BCUT2D eigenvalue weighted by atomic mass is 9.63. The van der Waals surface area contributed by atoms with Crippen LogP contribution in [0.15, 0.2) is 36.4 Å². The topological polar surface area (TPSA) is 76.2 Å². The van der Waals surface area contributed by atoms with E-state index in [9.17, 15) is 9.90 Å². The third kappa shape index (κ3) is 1.49. The molecule has 1 aliphatic rings. The Balaban J connectivity index is 2.11. The van der Waals surface area contributed by atoms with Gasteiger partial charge in [0.1, 0.15) is 5.41 Å². The highest BCUT2D eigenvalue weighted by molar-refractivity contribution is 5.85. The number of nitrogens with two attached hydrogens (primary N) is 1. The molecule has 0 aliphatic heterocycles. The van der Waals surface area contributed by atoms with E-state index in [1.54, 1.807) is 0 Å². The Morgan fingerprint density at radius 3 is 2.67 bits per heavy atom. The molecular weight excluding hydrogens is 228 g/mol. The van der Waals surface area contributed by atoms with E-state index in [0.717, 1.165) is 10.9 Å². The Morgan fingerprint density at radius 1 is 1.28 bits per heavy atom. The number of fused-ring (bicyclic) bond motifs is 1. The molecule has 0 unspecified atom stereocenters. The Morgan fingerprint density at radius 2 is 2.00 bits per heavy atom. The minimum absolute atomic E-state index is 0.0330. The van der Waals surface area contributed by atoms with E-state index in [1.807, 2.05) is 36.4 Å². The summed E-state index contributed by atoms with van der Waals surface area (Å²) in [5, 5.41) is 10.5. The Kier molecular flexibility index (Phi) is 2.35. The van der Waals surface area contributed by atoms with Crippen LogP contribution in [0, 0.1) is 0 Å². The number of aliphatic carboxylic acids is 1. The van der Waals surface area contributed by atoms with Gasteiger partial charge in [-0.25, -0.2) is 0 Å². The van der Waals surface area contributed by atoms with Crippen molar-refractivity contribution in [2.24, 2.45) is 5.73 Å². The molecule has 1 aromatic heterocycles. The van der Waals surface area contributed by atoms with Gasteiger partial charge in [0.05, 0.1) is 11.2 Å². The fourth-order valence-corrected chi connectivity index (χ4v) is 2.66. The molecule has 1 aliphatic carbocycles. The van der Waals surface area contributed by atoms with Crippen LogP contribution in [0.1, 0.15) is 18.5 Å². The van der Waals surface area contributed by atoms with E-state index < -0.39 is 11.4 Å². The number of carboxylic acids is 1. The first-order valence-corrected chi connectivity index (χ1v) is 5.97. The third-order valence-electron chi connectivity index (χ3n) is 3.72. The number of benzene rings is 1. The van der Waals surface area contributed by atoms with E-state index in [1.165, 1.54) is 0 Å². The molecule has 0 saturated heterocycles. The SMILES string of the molecule is NC1CC(C(=O)O)(c2ccc3ccccc3n2)C1. The van der Waals surface area contributed by atoms with Crippen LogP contribution in [0.25, 0.3) is 10.9 Å². The molecule has 1 aromatic carbocycles. The summed E-state index contributed by atoms with van der Waals surface area (Å²) in [6, 6.07) is 11.4. The summed E-state index contributed by atoms with van der Waals surface area (Å²) in [6.07, 6.45) is 0.932. The first-order chi connectivity index (χ1) is 8.62. The molecule has 18 heavy (non-hydrogen) atoms. The highest BCUT2D eigenvalue weighted by atomic mass is 16.4. The summed E-state index contributed by atoms with van der Waals surface area (Å²) in [7, 11) is 0. The summed E-state index contributed by atoms with van der Waals surface area (Å²) in [5.41, 5.74) is 6.32. The van der Waals surface area contributed by atoms with E-state index in [0.29, 0.717) is 18.5 Å². The van der Waals surface area contributed by atoms with Crippen LogP contribution in [-0.4, -0.2) is 22.1 Å². The second-order valence-corrected chi connectivity index (χ2v) is 4.94. The molecule has 0 amide bonds. The van der Waals surface area contributed by atoms with Crippen molar-refractivity contribution in [2.75, 3.05) is 0 Å². The second kappa shape index (κ2) is 3.78. The van der Waals surface area contributed by atoms with Gasteiger partial charge in [0, 0.05) is 11.4 Å². The number of aromatic nitrogens is 1. The lowest BCUT2D eigenvalue weighted by molar-refractivity contribution is -0.148. The molecule has 0 radical (unpaired) electrons. The number of rotatable bonds is 2. The van der Waals surface area contributed by atoms with Gasteiger partial charge >= 0.3 is 5.97 Å². The first kappa shape index (κ1) is 11.2. The fourth-order valence-electron chi connectivity index (χ4n) is 2.66. The molecule has 1 fully saturated rings. The van der Waals surface area contributed by atoms with Gasteiger partial charge in [-0.05, 0) is 25.0 Å². The van der Waals surface area contributed by atoms with Gasteiger partial charge in [0.25, 0.3) is 0 Å². The predicted octanol–water partition coefficient (Wildman–Crippen LogP) is 1.68. The van der Waals surface area contributed by atoms with Gasteiger partial charge in [-0.3, -0.25) is 9.78 Å². The van der Waals surface area contributed by atoms with Gasteiger partial charge in [0.15, 0.2) is 0 Å². The standard InChI is InChI=1S/C14H14N2O2/c15-10-7-14(8-10,13(17)18)12-6-5-9-3-1-2-4-11(9)16-12/h1-6,10H,7-8,15H2,(H,17,18). The minimum atomic E-state index is -0.885. The summed E-state index contributed by atoms with van der Waals surface area (Å²) in [4.78, 5) is 16.0. The zero-order valence-corrected chi connectivity index (χ0v) is 9.84. The maximum absolute atomic E-state index is 11.5. The van der Waals surface area contributed by atoms with Gasteiger partial charge in [-0.1, -0.05) is 24.3 Å². The van der Waals surface area contributed by atoms with E-state index in [-0.39, 0.29) is 6.04 Å². The van der Waals surface area contributed by atoms with Crippen molar-refractivity contribution in [3.63, 3.8) is 0 Å². The van der Waals surface area contributed by atoms with Crippen LogP contribution in [0.5, 0.6) is 0 Å². The lowest BCUT2D eigenvalue weighted by Gasteiger charge is -2.42. The smallest absolute Gasteiger partial charge is 0.315 e. The van der Waals surface area contributed by atoms with Crippen LogP contribution in [0.4, 0.5) is 0 Å². The Bertz CT molecular complexity index is 618. The van der Waals surface area contributed by atoms with Crippen LogP contribution in [0.3, 0.4) is 0 Å². The van der Waals surface area contributed by atoms with Crippen LogP contribution in [0.2, 0.25) is 0 Å². The monoisotopic (exact) mass is 242 g/mol. The van der Waals surface area contributed by atoms with E-state index in [2.05, 4.69) is 4.98 Å². The largest absolute Gasteiger partial charge is 0.481 e. The second-order valence-electron chi connectivity index (χ2n) is 4.94. The lowest BCUT2D eigenvalue weighted by Crippen LogP contribution is -2.54. The Labute approximate surface area is 104 Å². The van der Waals surface area contributed by atoms with Crippen molar-refractivity contribution in [2.45, 2.75) is 24.3 Å². The van der Waals surface area contributed by atoms with Crippen molar-refractivity contribution >= 4 is 16.9 Å². The number of carbonyl (C=O) groups is 1. The molecule has 1 heterocycles. The van der Waals surface area contributed by atoms with Gasteiger partial charge in [0.2, 0.25) is 0 Å². The number of hydrogen-bond acceptors (Lipinski definition) is 3. The molecular formula is C14H14N2O2. The number of pyridine rings is 1. The van der Waals surface area contributed by atoms with Crippen molar-refractivity contribution in [1.29, 1.82) is 0 Å². The molecule has 92 valence electrons. The summed E-state index contributed by atoms with van der Waals surface area (Å²) in [5.74, 6) is -0.827. The first-order valence-electron chi connectivity index (χ1n) is 5.97. The van der Waals surface area contributed by atoms with Crippen molar-refractivity contribution in [3.05, 3.63) is 42.1 Å². The fraction of sp³-hybridized carbons (Fsp3) is 0.286. The molecule has 4 nitrogen and oxygen atoms in total. The molecule has 3 N–H and O–H groups in total. The summed E-state index contributed by atoms with van der Waals surface area (Å²) in [6.45, 7) is 0. The molecule has 4 heteroatoms.